The van der Waals surface area contributed by atoms with Crippen LogP contribution in [-0.4, -0.2) is 48.6 Å². The number of hydrogen-bond acceptors (Lipinski definition) is 3. The molecule has 5 heteroatoms. The van der Waals surface area contributed by atoms with Gasteiger partial charge in [0, 0.05) is 19.8 Å². The third kappa shape index (κ3) is 3.72. The Bertz CT molecular complexity index is 355. The minimum absolute atomic E-state index is 0.0200. The second-order valence-electron chi connectivity index (χ2n) is 5.85. The van der Waals surface area contributed by atoms with Gasteiger partial charge in [-0.3, -0.25) is 9.59 Å². The van der Waals surface area contributed by atoms with Crippen LogP contribution in [0.2, 0.25) is 0 Å². The quantitative estimate of drug-likeness (QED) is 0.683. The van der Waals surface area contributed by atoms with E-state index in [2.05, 4.69) is 12.2 Å². The molecule has 2 rings (SSSR count). The predicted octanol–water partition coefficient (Wildman–Crippen LogP) is 1.32. The van der Waals surface area contributed by atoms with E-state index in [0.29, 0.717) is 19.1 Å². The van der Waals surface area contributed by atoms with Gasteiger partial charge in [-0.25, -0.2) is 0 Å². The van der Waals surface area contributed by atoms with Crippen LogP contribution >= 0.6 is 0 Å². The van der Waals surface area contributed by atoms with E-state index < -0.39 is 0 Å². The maximum Gasteiger partial charge on any atom is 0.246 e. The molecule has 1 aliphatic carbocycles. The van der Waals surface area contributed by atoms with Crippen molar-refractivity contribution in [1.82, 2.24) is 10.2 Å². The van der Waals surface area contributed by atoms with E-state index in [4.69, 9.17) is 4.74 Å². The molecule has 0 aromatic heterocycles. The van der Waals surface area contributed by atoms with E-state index in [1.54, 1.807) is 11.8 Å². The summed E-state index contributed by atoms with van der Waals surface area (Å²) in [6.45, 7) is 5.99. The van der Waals surface area contributed by atoms with Gasteiger partial charge < -0.3 is 15.0 Å². The summed E-state index contributed by atoms with van der Waals surface area (Å²) < 4.78 is 5.51. The molecule has 1 aliphatic heterocycles. The fourth-order valence-electron chi connectivity index (χ4n) is 2.58. The molecule has 2 atom stereocenters. The van der Waals surface area contributed by atoms with Crippen LogP contribution in [0.3, 0.4) is 0 Å². The van der Waals surface area contributed by atoms with E-state index in [0.717, 1.165) is 38.7 Å². The van der Waals surface area contributed by atoms with Gasteiger partial charge in [0.1, 0.15) is 12.1 Å². The van der Waals surface area contributed by atoms with Gasteiger partial charge in [0.15, 0.2) is 0 Å². The van der Waals surface area contributed by atoms with Crippen molar-refractivity contribution in [2.75, 3.05) is 19.8 Å². The summed E-state index contributed by atoms with van der Waals surface area (Å²) in [5.41, 5.74) is 0. The molecule has 5 nitrogen and oxygen atoms in total. The standard InChI is InChI=1S/C15H26N2O3/c1-3-4-9-20-10-5-8-17-11(2)14(18)16-13(15(17)19)12-6-7-12/h11-13H,3-10H2,1-2H3,(H,16,18). The van der Waals surface area contributed by atoms with E-state index in [-0.39, 0.29) is 23.9 Å². The molecule has 114 valence electrons. The zero-order valence-corrected chi connectivity index (χ0v) is 12.6. The summed E-state index contributed by atoms with van der Waals surface area (Å²) in [6.07, 6.45) is 5.11. The van der Waals surface area contributed by atoms with Crippen LogP contribution in [0.5, 0.6) is 0 Å². The number of ether oxygens (including phenoxy) is 1. The smallest absolute Gasteiger partial charge is 0.246 e. The summed E-state index contributed by atoms with van der Waals surface area (Å²) in [6, 6.07) is -0.632. The molecule has 1 heterocycles. The topological polar surface area (TPSA) is 58.6 Å². The second kappa shape index (κ2) is 7.07. The lowest BCUT2D eigenvalue weighted by Gasteiger charge is -2.37. The number of unbranched alkanes of at least 4 members (excludes halogenated alkanes) is 1. The Morgan fingerprint density at radius 3 is 2.60 bits per heavy atom. The van der Waals surface area contributed by atoms with Crippen LogP contribution in [0, 0.1) is 5.92 Å². The average molecular weight is 282 g/mol. The van der Waals surface area contributed by atoms with Gasteiger partial charge in [0.25, 0.3) is 0 Å². The number of piperazine rings is 1. The highest BCUT2D eigenvalue weighted by atomic mass is 16.5. The maximum atomic E-state index is 12.4. The summed E-state index contributed by atoms with van der Waals surface area (Å²) >= 11 is 0. The Hall–Kier alpha value is -1.10. The Balaban J connectivity index is 1.78. The Morgan fingerprint density at radius 2 is 1.95 bits per heavy atom. The van der Waals surface area contributed by atoms with E-state index in [1.807, 2.05) is 0 Å². The average Bonchev–Trinajstić information content (AvgIpc) is 3.25. The molecular formula is C15H26N2O3. The van der Waals surface area contributed by atoms with Gasteiger partial charge in [-0.05, 0) is 38.5 Å². The van der Waals surface area contributed by atoms with Crippen LogP contribution < -0.4 is 5.32 Å². The van der Waals surface area contributed by atoms with Crippen LogP contribution in [-0.2, 0) is 14.3 Å². The van der Waals surface area contributed by atoms with Crippen molar-refractivity contribution in [3.8, 4) is 0 Å². The molecule has 2 aliphatic rings. The monoisotopic (exact) mass is 282 g/mol. The van der Waals surface area contributed by atoms with Gasteiger partial charge in [0.2, 0.25) is 11.8 Å². The molecule has 0 radical (unpaired) electrons. The summed E-state index contributed by atoms with van der Waals surface area (Å²) in [5, 5.41) is 2.86. The molecule has 0 bridgehead atoms. The number of amides is 2. The fourth-order valence-corrected chi connectivity index (χ4v) is 2.58. The first-order valence-electron chi connectivity index (χ1n) is 7.83. The van der Waals surface area contributed by atoms with Gasteiger partial charge in [-0.2, -0.15) is 0 Å². The van der Waals surface area contributed by atoms with E-state index in [9.17, 15) is 9.59 Å². The lowest BCUT2D eigenvalue weighted by Crippen LogP contribution is -2.63. The molecule has 1 saturated carbocycles. The molecule has 0 spiro atoms. The van der Waals surface area contributed by atoms with Gasteiger partial charge >= 0.3 is 0 Å². The number of nitrogens with zero attached hydrogens (tertiary/aromatic N) is 1. The van der Waals surface area contributed by atoms with E-state index >= 15 is 0 Å². The first kappa shape index (κ1) is 15.3. The van der Waals surface area contributed by atoms with Gasteiger partial charge in [-0.1, -0.05) is 13.3 Å². The molecular weight excluding hydrogens is 256 g/mol. The van der Waals surface area contributed by atoms with Crippen molar-refractivity contribution in [3.63, 3.8) is 0 Å². The van der Waals surface area contributed by atoms with Crippen molar-refractivity contribution in [3.05, 3.63) is 0 Å². The van der Waals surface area contributed by atoms with Gasteiger partial charge in [-0.15, -0.1) is 0 Å². The Morgan fingerprint density at radius 1 is 1.25 bits per heavy atom. The SMILES string of the molecule is CCCCOCCCN1C(=O)C(C2CC2)NC(=O)C1C. The predicted molar refractivity (Wildman–Crippen MR) is 76.2 cm³/mol. The summed E-state index contributed by atoms with van der Waals surface area (Å²) in [5.74, 6) is 0.434. The van der Waals surface area contributed by atoms with Crippen molar-refractivity contribution < 1.29 is 14.3 Å². The zero-order chi connectivity index (χ0) is 14.5. The summed E-state index contributed by atoms with van der Waals surface area (Å²) in [7, 11) is 0. The van der Waals surface area contributed by atoms with Crippen molar-refractivity contribution in [1.29, 1.82) is 0 Å². The minimum atomic E-state index is -0.354. The number of nitrogens with one attached hydrogen (secondary N) is 1. The zero-order valence-electron chi connectivity index (χ0n) is 12.6. The highest BCUT2D eigenvalue weighted by Crippen LogP contribution is 2.35. The molecule has 2 amide bonds. The van der Waals surface area contributed by atoms with Crippen LogP contribution in [0.25, 0.3) is 0 Å². The third-order valence-corrected chi connectivity index (χ3v) is 4.12. The molecule has 0 aromatic rings. The molecule has 2 unspecified atom stereocenters. The lowest BCUT2D eigenvalue weighted by molar-refractivity contribution is -0.149. The van der Waals surface area contributed by atoms with Crippen molar-refractivity contribution >= 4 is 11.8 Å². The molecule has 0 aromatic carbocycles. The third-order valence-electron chi connectivity index (χ3n) is 4.12. The maximum absolute atomic E-state index is 12.4. The minimum Gasteiger partial charge on any atom is -0.381 e. The first-order chi connectivity index (χ1) is 9.65. The normalized spacial score (nSPS) is 26.8. The second-order valence-corrected chi connectivity index (χ2v) is 5.85. The summed E-state index contributed by atoms with van der Waals surface area (Å²) in [4.78, 5) is 26.1. The van der Waals surface area contributed by atoms with Crippen molar-refractivity contribution in [2.45, 2.75) is 58.0 Å². The first-order valence-corrected chi connectivity index (χ1v) is 7.83. The lowest BCUT2D eigenvalue weighted by atomic mass is 10.0. The highest BCUT2D eigenvalue weighted by Gasteiger charge is 2.45. The van der Waals surface area contributed by atoms with Crippen molar-refractivity contribution in [2.24, 2.45) is 5.92 Å². The molecule has 20 heavy (non-hydrogen) atoms. The molecule has 1 saturated heterocycles. The molecule has 2 fully saturated rings. The number of carbonyl (C=O) groups is 2. The number of carbonyl (C=O) groups excluding carboxylic acids is 2. The van der Waals surface area contributed by atoms with Crippen LogP contribution in [0.4, 0.5) is 0 Å². The number of hydrogen-bond donors (Lipinski definition) is 1. The van der Waals surface area contributed by atoms with Gasteiger partial charge in [0.05, 0.1) is 0 Å². The van der Waals surface area contributed by atoms with Crippen LogP contribution in [0.1, 0.15) is 46.0 Å². The number of rotatable bonds is 8. The van der Waals surface area contributed by atoms with E-state index in [1.165, 1.54) is 0 Å². The van der Waals surface area contributed by atoms with Crippen LogP contribution in [0.15, 0.2) is 0 Å². The Labute approximate surface area is 121 Å². The fraction of sp³-hybridized carbons (Fsp3) is 0.867. The Kier molecular flexibility index (Phi) is 5.40. The highest BCUT2D eigenvalue weighted by molar-refractivity contribution is 5.97. The largest absolute Gasteiger partial charge is 0.381 e. The molecule has 1 N–H and O–H groups in total.